The van der Waals surface area contributed by atoms with E-state index in [1.54, 1.807) is 25.3 Å². The Labute approximate surface area is 85.1 Å². The fourth-order valence-electron chi connectivity index (χ4n) is 1.10. The van der Waals surface area contributed by atoms with E-state index < -0.39 is 0 Å². The summed E-state index contributed by atoms with van der Waals surface area (Å²) in [6.45, 7) is 6.01. The summed E-state index contributed by atoms with van der Waals surface area (Å²) in [5.41, 5.74) is 1.46. The monoisotopic (exact) mass is 195 g/mol. The molecule has 78 valence electrons. The fraction of sp³-hybridized carbons (Fsp3) is 0.455. The average Bonchev–Trinajstić information content (AvgIpc) is 2.30. The van der Waals surface area contributed by atoms with E-state index in [0.717, 1.165) is 17.7 Å². The van der Waals surface area contributed by atoms with Gasteiger partial charge in [-0.3, -0.25) is 0 Å². The van der Waals surface area contributed by atoms with Crippen molar-refractivity contribution in [3.8, 4) is 5.75 Å². The van der Waals surface area contributed by atoms with Crippen LogP contribution >= 0.6 is 0 Å². The summed E-state index contributed by atoms with van der Waals surface area (Å²) in [5.74, 6) is 0.810. The molecule has 0 amide bonds. The van der Waals surface area contributed by atoms with Gasteiger partial charge in [0.2, 0.25) is 0 Å². The first-order chi connectivity index (χ1) is 6.81. The number of hydrogen-bond donors (Lipinski definition) is 0. The molecule has 1 rings (SSSR count). The zero-order valence-corrected chi connectivity index (χ0v) is 9.20. The zero-order valence-electron chi connectivity index (χ0n) is 9.20. The second kappa shape index (κ2) is 7.06. The molecule has 0 aliphatic carbocycles. The molecule has 0 aliphatic heterocycles. The molecule has 0 fully saturated rings. The molecule has 1 aromatic carbocycles. The quantitative estimate of drug-likeness (QED) is 0.690. The summed E-state index contributed by atoms with van der Waals surface area (Å²) in [4.78, 5) is 10.2. The number of ether oxygens (including phenoxy) is 1. The van der Waals surface area contributed by atoms with Gasteiger partial charge in [0.25, 0.3) is 0 Å². The maximum Gasteiger partial charge on any atom is 0.122 e. The minimum absolute atomic E-state index is 0.452. The highest BCUT2D eigenvalue weighted by atomic mass is 16.5. The first-order valence-electron chi connectivity index (χ1n) is 4.82. The van der Waals surface area contributed by atoms with Crippen LogP contribution in [0.15, 0.2) is 23.4 Å². The third-order valence-corrected chi connectivity index (χ3v) is 1.75. The highest BCUT2D eigenvalue weighted by Gasteiger charge is 2.01. The minimum Gasteiger partial charge on any atom is -0.496 e. The largest absolute Gasteiger partial charge is 0.496 e. The first kappa shape index (κ1) is 12.6. The highest BCUT2D eigenvalue weighted by Crippen LogP contribution is 2.24. The smallest absolute Gasteiger partial charge is 0.122 e. The van der Waals surface area contributed by atoms with Crippen LogP contribution in [0.1, 0.15) is 26.3 Å². The average molecular weight is 195 g/mol. The minimum atomic E-state index is 0.452. The van der Waals surface area contributed by atoms with E-state index in [9.17, 15) is 4.91 Å². The van der Waals surface area contributed by atoms with Crippen molar-refractivity contribution in [3.63, 3.8) is 0 Å². The lowest BCUT2D eigenvalue weighted by Crippen LogP contribution is -1.89. The predicted molar refractivity (Wildman–Crippen MR) is 59.2 cm³/mol. The number of methoxy groups -OCH3 is 1. The molecule has 3 nitrogen and oxygen atoms in total. The van der Waals surface area contributed by atoms with Crippen molar-refractivity contribution in [3.05, 3.63) is 28.7 Å². The van der Waals surface area contributed by atoms with Gasteiger partial charge in [-0.25, -0.2) is 0 Å². The van der Waals surface area contributed by atoms with Crippen LogP contribution in [0.3, 0.4) is 0 Å². The van der Waals surface area contributed by atoms with Gasteiger partial charge in [-0.05, 0) is 35.4 Å². The Balaban J connectivity index is 0.000000791. The van der Waals surface area contributed by atoms with Gasteiger partial charge in [0.05, 0.1) is 7.11 Å². The molecule has 0 aromatic heterocycles. The van der Waals surface area contributed by atoms with Gasteiger partial charge < -0.3 is 4.74 Å². The van der Waals surface area contributed by atoms with E-state index in [4.69, 9.17) is 4.74 Å². The summed E-state index contributed by atoms with van der Waals surface area (Å²) < 4.78 is 5.09. The Morgan fingerprint density at radius 3 is 2.43 bits per heavy atom. The molecule has 0 spiro atoms. The summed E-state index contributed by atoms with van der Waals surface area (Å²) >= 11 is 0. The van der Waals surface area contributed by atoms with Gasteiger partial charge in [-0.15, -0.1) is 4.91 Å². The number of nitroso groups, excluding NO2 is 1. The van der Waals surface area contributed by atoms with Crippen molar-refractivity contribution in [2.24, 2.45) is 5.18 Å². The summed E-state index contributed by atoms with van der Waals surface area (Å²) in [5, 5.41) is 2.85. The van der Waals surface area contributed by atoms with Gasteiger partial charge >= 0.3 is 0 Å². The SMILES string of the molecule is CC.CCc1cc(N=O)ccc1OC. The molecular formula is C11H17NO2. The number of hydrogen-bond acceptors (Lipinski definition) is 3. The van der Waals surface area contributed by atoms with Crippen molar-refractivity contribution >= 4 is 5.69 Å². The normalized spacial score (nSPS) is 8.57. The lowest BCUT2D eigenvalue weighted by Gasteiger charge is -2.05. The maximum absolute atomic E-state index is 10.2. The van der Waals surface area contributed by atoms with Crippen LogP contribution in [0, 0.1) is 4.91 Å². The van der Waals surface area contributed by atoms with Crippen molar-refractivity contribution in [2.45, 2.75) is 27.2 Å². The van der Waals surface area contributed by atoms with Crippen LogP contribution in [-0.2, 0) is 6.42 Å². The number of benzene rings is 1. The number of nitrogens with zero attached hydrogens (tertiary/aromatic N) is 1. The molecule has 0 saturated carbocycles. The Bertz CT molecular complexity index is 285. The molecule has 0 aliphatic rings. The zero-order chi connectivity index (χ0) is 11.0. The van der Waals surface area contributed by atoms with Crippen molar-refractivity contribution in [1.82, 2.24) is 0 Å². The van der Waals surface area contributed by atoms with Crippen LogP contribution < -0.4 is 4.74 Å². The van der Waals surface area contributed by atoms with Crippen LogP contribution in [0.2, 0.25) is 0 Å². The molecule has 0 radical (unpaired) electrons. The van der Waals surface area contributed by atoms with Crippen molar-refractivity contribution in [1.29, 1.82) is 0 Å². The van der Waals surface area contributed by atoms with E-state index in [1.807, 2.05) is 20.8 Å². The van der Waals surface area contributed by atoms with E-state index in [-0.39, 0.29) is 0 Å². The molecule has 0 unspecified atom stereocenters. The van der Waals surface area contributed by atoms with Crippen molar-refractivity contribution < 1.29 is 4.74 Å². The lowest BCUT2D eigenvalue weighted by molar-refractivity contribution is 0.410. The summed E-state index contributed by atoms with van der Waals surface area (Å²) in [7, 11) is 1.61. The molecule has 3 heteroatoms. The maximum atomic E-state index is 10.2. The van der Waals surface area contributed by atoms with Gasteiger partial charge in [0, 0.05) is 0 Å². The molecule has 0 N–H and O–H groups in total. The molecule has 14 heavy (non-hydrogen) atoms. The van der Waals surface area contributed by atoms with Crippen LogP contribution in [0.5, 0.6) is 5.75 Å². The fourth-order valence-corrected chi connectivity index (χ4v) is 1.10. The first-order valence-corrected chi connectivity index (χ1v) is 4.82. The van der Waals surface area contributed by atoms with Crippen LogP contribution in [0.4, 0.5) is 5.69 Å². The Morgan fingerprint density at radius 1 is 1.36 bits per heavy atom. The highest BCUT2D eigenvalue weighted by molar-refractivity contribution is 5.47. The Kier molecular flexibility index (Phi) is 6.37. The van der Waals surface area contributed by atoms with E-state index in [1.165, 1.54) is 0 Å². The Hall–Kier alpha value is -1.38. The van der Waals surface area contributed by atoms with Crippen LogP contribution in [0.25, 0.3) is 0 Å². The summed E-state index contributed by atoms with van der Waals surface area (Å²) in [6.07, 6.45) is 0.840. The second-order valence-electron chi connectivity index (χ2n) is 2.44. The third-order valence-electron chi connectivity index (χ3n) is 1.75. The van der Waals surface area contributed by atoms with Gasteiger partial charge in [0.1, 0.15) is 11.4 Å². The number of aryl methyl sites for hydroxylation is 1. The lowest BCUT2D eigenvalue weighted by atomic mass is 10.1. The van der Waals surface area contributed by atoms with Crippen LogP contribution in [-0.4, -0.2) is 7.11 Å². The topological polar surface area (TPSA) is 38.7 Å². The van der Waals surface area contributed by atoms with Gasteiger partial charge in [0.15, 0.2) is 0 Å². The standard InChI is InChI=1S/C9H11NO2.C2H6/c1-3-7-6-8(10-11)4-5-9(7)12-2;1-2/h4-6H,3H2,1-2H3;1-2H3. The molecule has 0 bridgehead atoms. The predicted octanol–water partition coefficient (Wildman–Crippen LogP) is 3.68. The van der Waals surface area contributed by atoms with Gasteiger partial charge in [-0.1, -0.05) is 20.8 Å². The Morgan fingerprint density at radius 2 is 2.00 bits per heavy atom. The molecular weight excluding hydrogens is 178 g/mol. The van der Waals surface area contributed by atoms with E-state index in [2.05, 4.69) is 5.18 Å². The third kappa shape index (κ3) is 3.17. The second-order valence-corrected chi connectivity index (χ2v) is 2.44. The molecule has 0 saturated heterocycles. The summed E-state index contributed by atoms with van der Waals surface area (Å²) in [6, 6.07) is 5.15. The number of rotatable bonds is 3. The molecule has 1 aromatic rings. The molecule has 0 heterocycles. The van der Waals surface area contributed by atoms with E-state index >= 15 is 0 Å². The molecule has 0 atom stereocenters. The van der Waals surface area contributed by atoms with Crippen molar-refractivity contribution in [2.75, 3.05) is 7.11 Å². The van der Waals surface area contributed by atoms with Gasteiger partial charge in [-0.2, -0.15) is 0 Å². The van der Waals surface area contributed by atoms with E-state index in [0.29, 0.717) is 5.69 Å².